The van der Waals surface area contributed by atoms with Crippen LogP contribution >= 0.6 is 0 Å². The molecule has 3 N–H and O–H groups in total. The maximum absolute atomic E-state index is 9.65. The smallest absolute Gasteiger partial charge is 0.0741 e. The third-order valence-electron chi connectivity index (χ3n) is 2.83. The highest BCUT2D eigenvalue weighted by Gasteiger charge is 2.18. The second-order valence-corrected chi connectivity index (χ2v) is 4.35. The number of nitrogens with two attached hydrogens (primary N) is 1. The molecule has 0 aliphatic carbocycles. The van der Waals surface area contributed by atoms with E-state index in [-0.39, 0.29) is 0 Å². The van der Waals surface area contributed by atoms with Gasteiger partial charge >= 0.3 is 0 Å². The molecule has 1 saturated heterocycles. The third-order valence-corrected chi connectivity index (χ3v) is 2.83. The van der Waals surface area contributed by atoms with Crippen LogP contribution in [0.15, 0.2) is 0 Å². The average molecular weight is 186 g/mol. The van der Waals surface area contributed by atoms with Crippen LogP contribution in [0, 0.1) is 0 Å². The fraction of sp³-hybridized carbons (Fsp3) is 1.00. The van der Waals surface area contributed by atoms with Crippen molar-refractivity contribution in [3.63, 3.8) is 0 Å². The molecule has 0 bridgehead atoms. The third kappa shape index (κ3) is 4.07. The lowest BCUT2D eigenvalue weighted by atomic mass is 10.0. The van der Waals surface area contributed by atoms with Gasteiger partial charge in [-0.1, -0.05) is 0 Å². The highest BCUT2D eigenvalue weighted by atomic mass is 16.3. The van der Waals surface area contributed by atoms with Crippen molar-refractivity contribution in [2.24, 2.45) is 5.73 Å². The van der Waals surface area contributed by atoms with Crippen LogP contribution in [-0.4, -0.2) is 41.8 Å². The van der Waals surface area contributed by atoms with Crippen molar-refractivity contribution < 1.29 is 5.11 Å². The van der Waals surface area contributed by atoms with E-state index in [4.69, 9.17) is 5.73 Å². The molecular formula is C10H22N2O. The molecule has 1 aliphatic heterocycles. The summed E-state index contributed by atoms with van der Waals surface area (Å²) >= 11 is 0. The van der Waals surface area contributed by atoms with E-state index in [0.29, 0.717) is 6.54 Å². The van der Waals surface area contributed by atoms with Crippen LogP contribution in [0.5, 0.6) is 0 Å². The number of likely N-dealkylation sites (tertiary alicyclic amines) is 1. The summed E-state index contributed by atoms with van der Waals surface area (Å²) in [5.74, 6) is 0. The van der Waals surface area contributed by atoms with E-state index >= 15 is 0 Å². The van der Waals surface area contributed by atoms with Crippen LogP contribution in [0.1, 0.15) is 32.6 Å². The summed E-state index contributed by atoms with van der Waals surface area (Å²) in [6.07, 6.45) is 4.56. The molecule has 0 radical (unpaired) electrons. The first-order valence-electron chi connectivity index (χ1n) is 5.29. The van der Waals surface area contributed by atoms with E-state index in [0.717, 1.165) is 19.4 Å². The molecule has 3 nitrogen and oxygen atoms in total. The second kappa shape index (κ2) is 4.94. The summed E-state index contributed by atoms with van der Waals surface area (Å²) < 4.78 is 0. The zero-order chi connectivity index (χ0) is 9.73. The van der Waals surface area contributed by atoms with Crippen LogP contribution in [-0.2, 0) is 0 Å². The van der Waals surface area contributed by atoms with Gasteiger partial charge in [0.1, 0.15) is 0 Å². The summed E-state index contributed by atoms with van der Waals surface area (Å²) in [5.41, 5.74) is 4.78. The quantitative estimate of drug-likeness (QED) is 0.660. The monoisotopic (exact) mass is 186 g/mol. The number of hydrogen-bond donors (Lipinski definition) is 2. The molecule has 0 spiro atoms. The Morgan fingerprint density at radius 2 is 2.00 bits per heavy atom. The highest BCUT2D eigenvalue weighted by Crippen LogP contribution is 2.13. The lowest BCUT2D eigenvalue weighted by Gasteiger charge is -2.22. The van der Waals surface area contributed by atoms with Crippen molar-refractivity contribution in [3.8, 4) is 0 Å². The number of nitrogens with zero attached hydrogens (tertiary/aromatic N) is 1. The molecule has 1 aliphatic rings. The summed E-state index contributed by atoms with van der Waals surface area (Å²) in [5, 5.41) is 9.65. The predicted molar refractivity (Wildman–Crippen MR) is 54.6 cm³/mol. The van der Waals surface area contributed by atoms with Crippen molar-refractivity contribution in [2.75, 3.05) is 26.2 Å². The van der Waals surface area contributed by atoms with Gasteiger partial charge in [0.15, 0.2) is 0 Å². The maximum Gasteiger partial charge on any atom is 0.0741 e. The Morgan fingerprint density at radius 3 is 2.54 bits per heavy atom. The van der Waals surface area contributed by atoms with Crippen molar-refractivity contribution in [1.82, 2.24) is 4.90 Å². The predicted octanol–water partition coefficient (Wildman–Crippen LogP) is 0.572. The second-order valence-electron chi connectivity index (χ2n) is 4.35. The molecule has 0 amide bonds. The number of aliphatic hydroxyl groups is 1. The molecule has 1 rings (SSSR count). The van der Waals surface area contributed by atoms with E-state index in [9.17, 15) is 5.11 Å². The van der Waals surface area contributed by atoms with E-state index in [2.05, 4.69) is 4.90 Å². The first kappa shape index (κ1) is 11.0. The Hall–Kier alpha value is -0.120. The average Bonchev–Trinajstić information content (AvgIpc) is 2.57. The van der Waals surface area contributed by atoms with E-state index in [1.165, 1.54) is 25.9 Å². The van der Waals surface area contributed by atoms with Crippen molar-refractivity contribution in [3.05, 3.63) is 0 Å². The standard InChI is InChI=1S/C10H22N2O/c1-10(13,9-11)5-4-8-12-6-2-3-7-12/h13H,2-9,11H2,1H3. The minimum atomic E-state index is -0.653. The summed E-state index contributed by atoms with van der Waals surface area (Å²) in [4.78, 5) is 2.46. The molecule has 1 heterocycles. The molecule has 1 atom stereocenters. The van der Waals surface area contributed by atoms with E-state index in [1.807, 2.05) is 6.92 Å². The first-order chi connectivity index (χ1) is 6.14. The van der Waals surface area contributed by atoms with E-state index < -0.39 is 5.60 Å². The fourth-order valence-corrected chi connectivity index (χ4v) is 1.79. The Morgan fingerprint density at radius 1 is 1.38 bits per heavy atom. The van der Waals surface area contributed by atoms with Gasteiger partial charge in [0, 0.05) is 6.54 Å². The zero-order valence-electron chi connectivity index (χ0n) is 8.63. The minimum absolute atomic E-state index is 0.368. The first-order valence-corrected chi connectivity index (χ1v) is 5.29. The molecule has 0 aromatic rings. The Balaban J connectivity index is 2.06. The van der Waals surface area contributed by atoms with Crippen LogP contribution in [0.2, 0.25) is 0 Å². The molecule has 0 saturated carbocycles. The van der Waals surface area contributed by atoms with Gasteiger partial charge in [-0.3, -0.25) is 0 Å². The Kier molecular flexibility index (Phi) is 4.16. The zero-order valence-corrected chi connectivity index (χ0v) is 8.63. The van der Waals surface area contributed by atoms with Gasteiger partial charge in [0.05, 0.1) is 5.60 Å². The SMILES string of the molecule is CC(O)(CN)CCCN1CCCC1. The fourth-order valence-electron chi connectivity index (χ4n) is 1.79. The summed E-state index contributed by atoms with van der Waals surface area (Å²) in [6.45, 7) is 5.79. The van der Waals surface area contributed by atoms with Crippen molar-refractivity contribution in [2.45, 2.75) is 38.2 Å². The highest BCUT2D eigenvalue weighted by molar-refractivity contribution is 4.74. The summed E-state index contributed by atoms with van der Waals surface area (Å²) in [7, 11) is 0. The molecule has 1 unspecified atom stereocenters. The van der Waals surface area contributed by atoms with Crippen LogP contribution < -0.4 is 5.73 Å². The normalized spacial score (nSPS) is 23.3. The molecule has 13 heavy (non-hydrogen) atoms. The van der Waals surface area contributed by atoms with Gasteiger partial charge in [-0.15, -0.1) is 0 Å². The van der Waals surface area contributed by atoms with Gasteiger partial charge in [-0.25, -0.2) is 0 Å². The van der Waals surface area contributed by atoms with Crippen molar-refractivity contribution in [1.29, 1.82) is 0 Å². The van der Waals surface area contributed by atoms with Crippen molar-refractivity contribution >= 4 is 0 Å². The number of hydrogen-bond acceptors (Lipinski definition) is 3. The van der Waals surface area contributed by atoms with Crippen LogP contribution in [0.3, 0.4) is 0 Å². The van der Waals surface area contributed by atoms with Gasteiger partial charge < -0.3 is 15.7 Å². The van der Waals surface area contributed by atoms with E-state index in [1.54, 1.807) is 0 Å². The molecule has 3 heteroatoms. The molecule has 78 valence electrons. The Labute approximate surface area is 80.9 Å². The van der Waals surface area contributed by atoms with Crippen LogP contribution in [0.4, 0.5) is 0 Å². The largest absolute Gasteiger partial charge is 0.389 e. The molecule has 1 fully saturated rings. The lowest BCUT2D eigenvalue weighted by Crippen LogP contribution is -2.35. The molecule has 0 aromatic heterocycles. The minimum Gasteiger partial charge on any atom is -0.389 e. The van der Waals surface area contributed by atoms with Gasteiger partial charge in [0.2, 0.25) is 0 Å². The number of rotatable bonds is 5. The van der Waals surface area contributed by atoms with Gasteiger partial charge in [-0.2, -0.15) is 0 Å². The summed E-state index contributed by atoms with van der Waals surface area (Å²) in [6, 6.07) is 0. The van der Waals surface area contributed by atoms with Gasteiger partial charge in [0.25, 0.3) is 0 Å². The van der Waals surface area contributed by atoms with Crippen LogP contribution in [0.25, 0.3) is 0 Å². The lowest BCUT2D eigenvalue weighted by molar-refractivity contribution is 0.0552. The van der Waals surface area contributed by atoms with Gasteiger partial charge in [-0.05, 0) is 52.2 Å². The Bertz CT molecular complexity index is 142. The topological polar surface area (TPSA) is 49.5 Å². The molecule has 0 aromatic carbocycles. The maximum atomic E-state index is 9.65. The molecular weight excluding hydrogens is 164 g/mol.